The van der Waals surface area contributed by atoms with Crippen LogP contribution in [0, 0.1) is 0 Å². The summed E-state index contributed by atoms with van der Waals surface area (Å²) in [5, 5.41) is 14.1. The standard InChI is InChI=1S/C16H19N3O4S/c20-14-10-13(16(14)19-7-2-6-17-19)18-24(21,22)12-4-5-15-11(9-12)3-1-8-23-15/h2,4-7,9,13-14,16,18,20H,1,3,8,10H2/t13-,14+,16+/m0/s1. The van der Waals surface area contributed by atoms with E-state index in [4.69, 9.17) is 4.74 Å². The first-order valence-corrected chi connectivity index (χ1v) is 9.48. The number of aromatic nitrogens is 2. The van der Waals surface area contributed by atoms with Gasteiger partial charge in [-0.25, -0.2) is 13.1 Å². The molecule has 0 saturated heterocycles. The third-order valence-electron chi connectivity index (χ3n) is 4.63. The van der Waals surface area contributed by atoms with Gasteiger partial charge < -0.3 is 9.84 Å². The average Bonchev–Trinajstić information content (AvgIpc) is 3.07. The summed E-state index contributed by atoms with van der Waals surface area (Å²) in [6.07, 6.45) is 4.81. The zero-order valence-electron chi connectivity index (χ0n) is 13.0. The average molecular weight is 349 g/mol. The summed E-state index contributed by atoms with van der Waals surface area (Å²) in [6, 6.07) is 5.94. The predicted octanol–water partition coefficient (Wildman–Crippen LogP) is 0.861. The van der Waals surface area contributed by atoms with Crippen LogP contribution in [0.3, 0.4) is 0 Å². The lowest BCUT2D eigenvalue weighted by atomic mass is 9.84. The third-order valence-corrected chi connectivity index (χ3v) is 6.12. The molecule has 7 nitrogen and oxygen atoms in total. The van der Waals surface area contributed by atoms with Crippen LogP contribution in [0.5, 0.6) is 5.75 Å². The van der Waals surface area contributed by atoms with Crippen molar-refractivity contribution in [3.8, 4) is 5.75 Å². The fraction of sp³-hybridized carbons (Fsp3) is 0.438. The molecule has 1 aliphatic carbocycles. The lowest BCUT2D eigenvalue weighted by molar-refractivity contribution is 0.000539. The van der Waals surface area contributed by atoms with Gasteiger partial charge in [-0.05, 0) is 49.1 Å². The topological polar surface area (TPSA) is 93.5 Å². The Hall–Kier alpha value is -1.90. The Morgan fingerprint density at radius 2 is 2.25 bits per heavy atom. The highest BCUT2D eigenvalue weighted by Crippen LogP contribution is 2.34. The van der Waals surface area contributed by atoms with E-state index in [0.29, 0.717) is 13.0 Å². The number of aliphatic hydroxyl groups is 1. The second-order valence-electron chi connectivity index (χ2n) is 6.23. The van der Waals surface area contributed by atoms with Gasteiger partial charge >= 0.3 is 0 Å². The number of fused-ring (bicyclic) bond motifs is 1. The molecule has 1 aromatic heterocycles. The Labute approximate surface area is 140 Å². The van der Waals surface area contributed by atoms with Crippen molar-refractivity contribution in [1.29, 1.82) is 0 Å². The van der Waals surface area contributed by atoms with Gasteiger partial charge in [0.15, 0.2) is 0 Å². The highest BCUT2D eigenvalue weighted by molar-refractivity contribution is 7.89. The summed E-state index contributed by atoms with van der Waals surface area (Å²) in [6.45, 7) is 0.670. The van der Waals surface area contributed by atoms with Gasteiger partial charge in [-0.1, -0.05) is 0 Å². The quantitative estimate of drug-likeness (QED) is 0.854. The number of ether oxygens (including phenoxy) is 1. The zero-order chi connectivity index (χ0) is 16.7. The van der Waals surface area contributed by atoms with E-state index in [1.807, 2.05) is 0 Å². The first-order chi connectivity index (χ1) is 11.5. The molecule has 0 unspecified atom stereocenters. The smallest absolute Gasteiger partial charge is 0.240 e. The van der Waals surface area contributed by atoms with Crippen LogP contribution < -0.4 is 9.46 Å². The fourth-order valence-corrected chi connectivity index (χ4v) is 4.63. The maximum absolute atomic E-state index is 12.7. The number of aliphatic hydroxyl groups excluding tert-OH is 1. The summed E-state index contributed by atoms with van der Waals surface area (Å²) in [7, 11) is -3.66. The highest BCUT2D eigenvalue weighted by atomic mass is 32.2. The van der Waals surface area contributed by atoms with E-state index >= 15 is 0 Å². The summed E-state index contributed by atoms with van der Waals surface area (Å²) in [5.41, 5.74) is 0.918. The van der Waals surface area contributed by atoms with Gasteiger partial charge in [0, 0.05) is 18.4 Å². The Kier molecular flexibility index (Phi) is 3.82. The normalized spacial score (nSPS) is 26.3. The second-order valence-corrected chi connectivity index (χ2v) is 7.94. The summed E-state index contributed by atoms with van der Waals surface area (Å²) >= 11 is 0. The molecule has 3 atom stereocenters. The SMILES string of the molecule is O=S(=O)(N[C@H]1C[C@@H](O)[C@@H]1n1cccn1)c1ccc2c(c1)CCCO2. The van der Waals surface area contributed by atoms with Gasteiger partial charge in [-0.15, -0.1) is 0 Å². The largest absolute Gasteiger partial charge is 0.493 e. The number of nitrogens with zero attached hydrogens (tertiary/aromatic N) is 2. The summed E-state index contributed by atoms with van der Waals surface area (Å²) in [4.78, 5) is 0.229. The summed E-state index contributed by atoms with van der Waals surface area (Å²) < 4.78 is 35.2. The van der Waals surface area contributed by atoms with Gasteiger partial charge in [0.25, 0.3) is 0 Å². The number of aryl methyl sites for hydroxylation is 1. The van der Waals surface area contributed by atoms with E-state index in [-0.39, 0.29) is 17.0 Å². The van der Waals surface area contributed by atoms with Crippen LogP contribution in [-0.2, 0) is 16.4 Å². The Morgan fingerprint density at radius 3 is 3.00 bits per heavy atom. The first-order valence-electron chi connectivity index (χ1n) is 8.00. The van der Waals surface area contributed by atoms with E-state index in [1.54, 1.807) is 41.3 Å². The Bertz CT molecular complexity index is 835. The number of benzene rings is 1. The number of sulfonamides is 1. The van der Waals surface area contributed by atoms with Crippen molar-refractivity contribution in [2.45, 2.75) is 42.3 Å². The van der Waals surface area contributed by atoms with Crippen LogP contribution >= 0.6 is 0 Å². The molecule has 1 fully saturated rings. The molecule has 128 valence electrons. The van der Waals surface area contributed by atoms with Crippen LogP contribution in [-0.4, -0.2) is 42.1 Å². The second kappa shape index (κ2) is 5.87. The van der Waals surface area contributed by atoms with E-state index < -0.39 is 16.1 Å². The Balaban J connectivity index is 1.55. The molecule has 0 bridgehead atoms. The molecular formula is C16H19N3O4S. The van der Waals surface area contributed by atoms with Crippen LogP contribution in [0.2, 0.25) is 0 Å². The van der Waals surface area contributed by atoms with Crippen molar-refractivity contribution < 1.29 is 18.3 Å². The number of rotatable bonds is 4. The molecule has 2 aliphatic rings. The van der Waals surface area contributed by atoms with Crippen molar-refractivity contribution in [2.24, 2.45) is 0 Å². The number of nitrogens with one attached hydrogen (secondary N) is 1. The molecule has 1 saturated carbocycles. The van der Waals surface area contributed by atoms with E-state index in [9.17, 15) is 13.5 Å². The summed E-state index contributed by atoms with van der Waals surface area (Å²) in [5.74, 6) is 0.758. The fourth-order valence-electron chi connectivity index (χ4n) is 3.32. The molecule has 8 heteroatoms. The van der Waals surface area contributed by atoms with Crippen LogP contribution in [0.4, 0.5) is 0 Å². The lowest BCUT2D eigenvalue weighted by Gasteiger charge is -2.41. The molecular weight excluding hydrogens is 330 g/mol. The van der Waals surface area contributed by atoms with Gasteiger partial charge in [-0.2, -0.15) is 5.10 Å². The maximum Gasteiger partial charge on any atom is 0.240 e. The van der Waals surface area contributed by atoms with E-state index in [2.05, 4.69) is 9.82 Å². The van der Waals surface area contributed by atoms with E-state index in [0.717, 1.165) is 24.2 Å². The molecule has 2 N–H and O–H groups in total. The molecule has 0 radical (unpaired) electrons. The van der Waals surface area contributed by atoms with Gasteiger partial charge in [0.2, 0.25) is 10.0 Å². The third kappa shape index (κ3) is 2.70. The molecule has 2 heterocycles. The minimum absolute atomic E-state index is 0.229. The van der Waals surface area contributed by atoms with Crippen molar-refractivity contribution in [1.82, 2.24) is 14.5 Å². The molecule has 4 rings (SSSR count). The minimum atomic E-state index is -3.66. The number of hydrogen-bond acceptors (Lipinski definition) is 5. The molecule has 0 spiro atoms. The maximum atomic E-state index is 12.7. The van der Waals surface area contributed by atoms with Crippen LogP contribution in [0.15, 0.2) is 41.6 Å². The number of hydrogen-bond donors (Lipinski definition) is 2. The lowest BCUT2D eigenvalue weighted by Crippen LogP contribution is -2.56. The van der Waals surface area contributed by atoms with Gasteiger partial charge in [0.1, 0.15) is 5.75 Å². The van der Waals surface area contributed by atoms with Crippen molar-refractivity contribution in [3.05, 3.63) is 42.2 Å². The molecule has 2 aromatic rings. The predicted molar refractivity (Wildman–Crippen MR) is 86.3 cm³/mol. The monoisotopic (exact) mass is 349 g/mol. The zero-order valence-corrected chi connectivity index (χ0v) is 13.8. The van der Waals surface area contributed by atoms with Crippen molar-refractivity contribution in [2.75, 3.05) is 6.61 Å². The molecule has 1 aromatic carbocycles. The molecule has 24 heavy (non-hydrogen) atoms. The van der Waals surface area contributed by atoms with Crippen LogP contribution in [0.1, 0.15) is 24.4 Å². The molecule has 0 amide bonds. The first kappa shape index (κ1) is 15.6. The highest BCUT2D eigenvalue weighted by Gasteiger charge is 2.44. The van der Waals surface area contributed by atoms with Crippen molar-refractivity contribution >= 4 is 10.0 Å². The van der Waals surface area contributed by atoms with Crippen molar-refractivity contribution in [3.63, 3.8) is 0 Å². The Morgan fingerprint density at radius 1 is 1.38 bits per heavy atom. The van der Waals surface area contributed by atoms with Crippen LogP contribution in [0.25, 0.3) is 0 Å². The molecule has 1 aliphatic heterocycles. The van der Waals surface area contributed by atoms with E-state index in [1.165, 1.54) is 0 Å². The van der Waals surface area contributed by atoms with Gasteiger partial charge in [0.05, 0.1) is 23.6 Å². The van der Waals surface area contributed by atoms with Gasteiger partial charge in [-0.3, -0.25) is 4.68 Å². The minimum Gasteiger partial charge on any atom is -0.493 e.